The number of aryl methyl sites for hydroxylation is 1. The van der Waals surface area contributed by atoms with Gasteiger partial charge in [0.05, 0.1) is 16.7 Å². The summed E-state index contributed by atoms with van der Waals surface area (Å²) in [6, 6.07) is 1.31. The van der Waals surface area contributed by atoms with E-state index >= 15 is 0 Å². The van der Waals surface area contributed by atoms with E-state index in [1.807, 2.05) is 13.8 Å². The van der Waals surface area contributed by atoms with E-state index < -0.39 is 10.5 Å². The summed E-state index contributed by atoms with van der Waals surface area (Å²) in [4.78, 5) is 22.7. The minimum atomic E-state index is -0.494. The highest BCUT2D eigenvalue weighted by Gasteiger charge is 2.42. The van der Waals surface area contributed by atoms with Crippen LogP contribution in [-0.4, -0.2) is 27.5 Å². The van der Waals surface area contributed by atoms with E-state index in [-0.39, 0.29) is 11.6 Å². The summed E-state index contributed by atoms with van der Waals surface area (Å²) in [5, 5.41) is 13.7. The summed E-state index contributed by atoms with van der Waals surface area (Å²) >= 11 is 0. The Morgan fingerprint density at radius 1 is 1.65 bits per heavy atom. The maximum atomic E-state index is 12.4. The van der Waals surface area contributed by atoms with Gasteiger partial charge in [-0.15, -0.1) is 0 Å². The molecule has 1 saturated carbocycles. The Bertz CT molecular complexity index is 536. The largest absolute Gasteiger partial charge is 0.344 e. The number of hydrogen-bond donors (Lipinski definition) is 2. The molecule has 1 fully saturated rings. The van der Waals surface area contributed by atoms with E-state index in [9.17, 15) is 14.9 Å². The average molecular weight is 280 g/mol. The highest BCUT2D eigenvalue weighted by Crippen LogP contribution is 2.39. The molecule has 1 unspecified atom stereocenters. The maximum absolute atomic E-state index is 12.4. The van der Waals surface area contributed by atoms with Gasteiger partial charge < -0.3 is 15.6 Å². The number of amides is 1. The Kier molecular flexibility index (Phi) is 3.80. The van der Waals surface area contributed by atoms with Gasteiger partial charge >= 0.3 is 0 Å². The number of carbonyl (C=O) groups excluding carboxylic acids is 1. The lowest BCUT2D eigenvalue weighted by atomic mass is 9.96. The Labute approximate surface area is 117 Å². The Morgan fingerprint density at radius 2 is 2.30 bits per heavy atom. The van der Waals surface area contributed by atoms with Crippen LogP contribution in [0.3, 0.4) is 0 Å². The zero-order chi connectivity index (χ0) is 14.9. The molecule has 0 aromatic carbocycles. The van der Waals surface area contributed by atoms with Crippen LogP contribution < -0.4 is 11.1 Å². The molecule has 0 bridgehead atoms. The number of nitro groups is 1. The van der Waals surface area contributed by atoms with Gasteiger partial charge in [-0.1, -0.05) is 0 Å². The molecule has 1 aliphatic rings. The van der Waals surface area contributed by atoms with Crippen LogP contribution in [0, 0.1) is 16.0 Å². The number of carbonyl (C=O) groups is 1. The monoisotopic (exact) mass is 280 g/mol. The molecule has 7 nitrogen and oxygen atoms in total. The molecule has 2 rings (SSSR count). The van der Waals surface area contributed by atoms with Gasteiger partial charge in [-0.25, -0.2) is 0 Å². The highest BCUT2D eigenvalue weighted by atomic mass is 16.6. The maximum Gasteiger partial charge on any atom is 0.287 e. The number of hydrogen-bond acceptors (Lipinski definition) is 4. The minimum absolute atomic E-state index is 0.0714. The lowest BCUT2D eigenvalue weighted by Gasteiger charge is -2.29. The van der Waals surface area contributed by atoms with Crippen LogP contribution in [0.1, 0.15) is 37.2 Å². The Balaban J connectivity index is 2.22. The molecule has 1 atom stereocenters. The minimum Gasteiger partial charge on any atom is -0.344 e. The molecule has 0 saturated heterocycles. The predicted molar refractivity (Wildman–Crippen MR) is 74.4 cm³/mol. The molecule has 1 amide bonds. The van der Waals surface area contributed by atoms with E-state index in [0.717, 1.165) is 12.8 Å². The fourth-order valence-corrected chi connectivity index (χ4v) is 2.41. The van der Waals surface area contributed by atoms with Crippen molar-refractivity contribution in [2.45, 2.75) is 38.8 Å². The zero-order valence-corrected chi connectivity index (χ0v) is 11.8. The lowest BCUT2D eigenvalue weighted by Crippen LogP contribution is -2.53. The van der Waals surface area contributed by atoms with Crippen LogP contribution in [0.4, 0.5) is 5.69 Å². The molecular weight excluding hydrogens is 260 g/mol. The van der Waals surface area contributed by atoms with Gasteiger partial charge in [-0.05, 0) is 32.6 Å². The second-order valence-corrected chi connectivity index (χ2v) is 5.48. The number of rotatable bonds is 6. The van der Waals surface area contributed by atoms with Crippen molar-refractivity contribution in [3.8, 4) is 0 Å². The Morgan fingerprint density at radius 3 is 2.75 bits per heavy atom. The predicted octanol–water partition coefficient (Wildman–Crippen LogP) is 1.27. The van der Waals surface area contributed by atoms with E-state index in [1.54, 1.807) is 4.57 Å². The molecule has 110 valence electrons. The van der Waals surface area contributed by atoms with Crippen molar-refractivity contribution in [1.29, 1.82) is 0 Å². The fraction of sp³-hybridized carbons (Fsp3) is 0.615. The summed E-state index contributed by atoms with van der Waals surface area (Å²) in [5.74, 6) is 0.0938. The normalized spacial score (nSPS) is 17.6. The quantitative estimate of drug-likeness (QED) is 0.605. The molecular formula is C13H20N4O3. The number of nitrogens with two attached hydrogens (primary N) is 1. The van der Waals surface area contributed by atoms with Gasteiger partial charge in [0.2, 0.25) is 0 Å². The molecule has 1 aliphatic carbocycles. The SMILES string of the molecule is CCn1cc([N+](=O)[O-])cc1C(=O)NC(C)(CN)C1CC1. The standard InChI is InChI=1S/C13H20N4O3/c1-3-16-7-10(17(19)20)6-11(16)12(18)15-13(2,8-14)9-4-5-9/h6-7,9H,3-5,8,14H2,1-2H3,(H,15,18). The summed E-state index contributed by atoms with van der Waals surface area (Å²) in [6.45, 7) is 4.62. The van der Waals surface area contributed by atoms with E-state index in [2.05, 4.69) is 5.32 Å². The topological polar surface area (TPSA) is 103 Å². The molecule has 0 radical (unpaired) electrons. The van der Waals surface area contributed by atoms with Crippen molar-refractivity contribution in [2.24, 2.45) is 11.7 Å². The van der Waals surface area contributed by atoms with Crippen LogP contribution in [-0.2, 0) is 6.54 Å². The molecule has 0 spiro atoms. The molecule has 1 aromatic rings. The summed E-state index contributed by atoms with van der Waals surface area (Å²) in [5.41, 5.74) is 5.57. The highest BCUT2D eigenvalue weighted by molar-refractivity contribution is 5.94. The zero-order valence-electron chi connectivity index (χ0n) is 11.8. The third-order valence-electron chi connectivity index (χ3n) is 3.97. The van der Waals surface area contributed by atoms with Gasteiger partial charge in [0.1, 0.15) is 5.69 Å². The van der Waals surface area contributed by atoms with Crippen LogP contribution in [0.25, 0.3) is 0 Å². The van der Waals surface area contributed by atoms with E-state index in [1.165, 1.54) is 12.3 Å². The van der Waals surface area contributed by atoms with E-state index in [4.69, 9.17) is 5.73 Å². The first-order valence-corrected chi connectivity index (χ1v) is 6.78. The van der Waals surface area contributed by atoms with Gasteiger partial charge in [0, 0.05) is 19.2 Å². The summed E-state index contributed by atoms with van der Waals surface area (Å²) < 4.78 is 1.58. The van der Waals surface area contributed by atoms with Crippen LogP contribution in [0.15, 0.2) is 12.3 Å². The third-order valence-corrected chi connectivity index (χ3v) is 3.97. The summed E-state index contributed by atoms with van der Waals surface area (Å²) in [7, 11) is 0. The van der Waals surface area contributed by atoms with Gasteiger partial charge in [0.15, 0.2) is 0 Å². The fourth-order valence-electron chi connectivity index (χ4n) is 2.41. The third kappa shape index (κ3) is 2.67. The Hall–Kier alpha value is -1.89. The van der Waals surface area contributed by atoms with Crippen molar-refractivity contribution in [3.63, 3.8) is 0 Å². The van der Waals surface area contributed by atoms with Crippen molar-refractivity contribution in [2.75, 3.05) is 6.54 Å². The van der Waals surface area contributed by atoms with Crippen molar-refractivity contribution in [3.05, 3.63) is 28.1 Å². The number of nitrogens with zero attached hydrogens (tertiary/aromatic N) is 2. The van der Waals surface area contributed by atoms with Gasteiger partial charge in [-0.2, -0.15) is 0 Å². The average Bonchev–Trinajstić information content (AvgIpc) is 3.17. The summed E-state index contributed by atoms with van der Waals surface area (Å²) in [6.07, 6.45) is 3.50. The van der Waals surface area contributed by atoms with Gasteiger partial charge in [-0.3, -0.25) is 14.9 Å². The first kappa shape index (κ1) is 14.5. The smallest absolute Gasteiger partial charge is 0.287 e. The first-order valence-electron chi connectivity index (χ1n) is 6.78. The van der Waals surface area contributed by atoms with Crippen molar-refractivity contribution >= 4 is 11.6 Å². The molecule has 0 aliphatic heterocycles. The van der Waals surface area contributed by atoms with Crippen LogP contribution >= 0.6 is 0 Å². The second-order valence-electron chi connectivity index (χ2n) is 5.48. The molecule has 3 N–H and O–H groups in total. The number of nitrogens with one attached hydrogen (secondary N) is 1. The number of aromatic nitrogens is 1. The first-order chi connectivity index (χ1) is 9.41. The molecule has 20 heavy (non-hydrogen) atoms. The molecule has 1 aromatic heterocycles. The van der Waals surface area contributed by atoms with Crippen LogP contribution in [0.2, 0.25) is 0 Å². The van der Waals surface area contributed by atoms with Gasteiger partial charge in [0.25, 0.3) is 11.6 Å². The lowest BCUT2D eigenvalue weighted by molar-refractivity contribution is -0.384. The molecule has 7 heteroatoms. The molecule has 1 heterocycles. The second kappa shape index (κ2) is 5.24. The van der Waals surface area contributed by atoms with Crippen molar-refractivity contribution in [1.82, 2.24) is 9.88 Å². The van der Waals surface area contributed by atoms with Crippen molar-refractivity contribution < 1.29 is 9.72 Å². The van der Waals surface area contributed by atoms with E-state index in [0.29, 0.717) is 24.7 Å². The van der Waals surface area contributed by atoms with Crippen LogP contribution in [0.5, 0.6) is 0 Å².